The Hall–Kier alpha value is -1.71. The second-order valence-corrected chi connectivity index (χ2v) is 2.57. The maximum absolute atomic E-state index is 10.7. The zero-order chi connectivity index (χ0) is 9.84. The van der Waals surface area contributed by atoms with Crippen LogP contribution in [-0.4, -0.2) is 18.1 Å². The number of benzene rings is 1. The van der Waals surface area contributed by atoms with Crippen LogP contribution in [0.15, 0.2) is 18.2 Å². The van der Waals surface area contributed by atoms with Crippen LogP contribution in [0.25, 0.3) is 0 Å². The third-order valence-corrected chi connectivity index (χ3v) is 1.50. The fourth-order valence-electron chi connectivity index (χ4n) is 0.971. The van der Waals surface area contributed by atoms with Crippen LogP contribution in [0.3, 0.4) is 0 Å². The van der Waals surface area contributed by atoms with Crippen LogP contribution >= 0.6 is 0 Å². The molecule has 0 aliphatic rings. The summed E-state index contributed by atoms with van der Waals surface area (Å²) in [7, 11) is 1.47. The number of aromatic hydroxyl groups is 1. The first-order valence-electron chi connectivity index (χ1n) is 3.78. The van der Waals surface area contributed by atoms with Gasteiger partial charge in [-0.2, -0.15) is 0 Å². The minimum Gasteiger partial charge on any atom is -0.504 e. The van der Waals surface area contributed by atoms with Crippen LogP contribution in [0.4, 0.5) is 5.69 Å². The molecule has 1 aromatic carbocycles. The van der Waals surface area contributed by atoms with Crippen molar-refractivity contribution in [1.29, 1.82) is 0 Å². The van der Waals surface area contributed by atoms with E-state index in [0.717, 1.165) is 0 Å². The van der Waals surface area contributed by atoms with Crippen molar-refractivity contribution in [2.24, 2.45) is 0 Å². The number of amides is 1. The number of hydrogen-bond acceptors (Lipinski definition) is 3. The molecule has 0 saturated carbocycles. The number of nitrogens with one attached hydrogen (secondary N) is 1. The molecule has 0 heterocycles. The predicted octanol–water partition coefficient (Wildman–Crippen LogP) is 1.36. The molecule has 1 rings (SSSR count). The maximum atomic E-state index is 10.7. The van der Waals surface area contributed by atoms with Crippen molar-refractivity contribution >= 4 is 11.6 Å². The summed E-state index contributed by atoms with van der Waals surface area (Å²) in [5, 5.41) is 11.9. The average molecular weight is 181 g/mol. The number of hydrogen-bond donors (Lipinski definition) is 2. The highest BCUT2D eigenvalue weighted by Gasteiger charge is 2.02. The molecule has 0 unspecified atom stereocenters. The molecule has 0 aliphatic carbocycles. The number of ether oxygens (including phenoxy) is 1. The van der Waals surface area contributed by atoms with E-state index < -0.39 is 0 Å². The fourth-order valence-corrected chi connectivity index (χ4v) is 0.971. The van der Waals surface area contributed by atoms with Gasteiger partial charge in [0.15, 0.2) is 11.5 Å². The number of anilines is 1. The minimum atomic E-state index is -0.176. The zero-order valence-corrected chi connectivity index (χ0v) is 7.50. The number of phenolic OH excluding ortho intramolecular Hbond substituents is 1. The quantitative estimate of drug-likeness (QED) is 0.724. The highest BCUT2D eigenvalue weighted by atomic mass is 16.5. The first kappa shape index (κ1) is 9.38. The van der Waals surface area contributed by atoms with Gasteiger partial charge in [0.05, 0.1) is 7.11 Å². The van der Waals surface area contributed by atoms with E-state index in [2.05, 4.69) is 5.32 Å². The number of rotatable bonds is 2. The van der Waals surface area contributed by atoms with E-state index in [9.17, 15) is 9.90 Å². The summed E-state index contributed by atoms with van der Waals surface area (Å²) in [6.45, 7) is 1.40. The van der Waals surface area contributed by atoms with Crippen molar-refractivity contribution in [3.8, 4) is 11.5 Å². The molecule has 0 atom stereocenters. The van der Waals surface area contributed by atoms with Gasteiger partial charge >= 0.3 is 0 Å². The normalized spacial score (nSPS) is 9.38. The number of methoxy groups -OCH3 is 1. The molecule has 2 N–H and O–H groups in total. The van der Waals surface area contributed by atoms with E-state index in [-0.39, 0.29) is 11.7 Å². The summed E-state index contributed by atoms with van der Waals surface area (Å²) < 4.78 is 4.84. The van der Waals surface area contributed by atoms with E-state index in [4.69, 9.17) is 4.74 Å². The molecule has 0 saturated heterocycles. The Morgan fingerprint density at radius 3 is 2.69 bits per heavy atom. The standard InChI is InChI=1S/C9H11NO3/c1-6(11)10-7-3-4-9(13-2)8(12)5-7/h3-5,12H,1-2H3,(H,10,11). The van der Waals surface area contributed by atoms with E-state index in [0.29, 0.717) is 11.4 Å². The Labute approximate surface area is 76.1 Å². The molecule has 0 bridgehead atoms. The van der Waals surface area contributed by atoms with Gasteiger partial charge in [0.2, 0.25) is 5.91 Å². The van der Waals surface area contributed by atoms with Gasteiger partial charge in [-0.1, -0.05) is 0 Å². The smallest absolute Gasteiger partial charge is 0.221 e. The lowest BCUT2D eigenvalue weighted by atomic mass is 10.3. The van der Waals surface area contributed by atoms with Gasteiger partial charge in [-0.3, -0.25) is 4.79 Å². The van der Waals surface area contributed by atoms with Crippen LogP contribution in [0.2, 0.25) is 0 Å². The van der Waals surface area contributed by atoms with Gasteiger partial charge in [0, 0.05) is 18.7 Å². The molecule has 0 aromatic heterocycles. The summed E-state index contributed by atoms with van der Waals surface area (Å²) in [4.78, 5) is 10.7. The third kappa shape index (κ3) is 2.37. The van der Waals surface area contributed by atoms with Crippen LogP contribution < -0.4 is 10.1 Å². The Bertz CT molecular complexity index is 323. The van der Waals surface area contributed by atoms with E-state index in [1.165, 1.54) is 20.1 Å². The van der Waals surface area contributed by atoms with Gasteiger partial charge < -0.3 is 15.2 Å². The van der Waals surface area contributed by atoms with Crippen molar-refractivity contribution in [2.45, 2.75) is 6.92 Å². The van der Waals surface area contributed by atoms with Crippen molar-refractivity contribution < 1.29 is 14.6 Å². The molecule has 0 spiro atoms. The Morgan fingerprint density at radius 2 is 2.23 bits per heavy atom. The van der Waals surface area contributed by atoms with E-state index >= 15 is 0 Å². The summed E-state index contributed by atoms with van der Waals surface area (Å²) >= 11 is 0. The van der Waals surface area contributed by atoms with Gasteiger partial charge in [-0.05, 0) is 12.1 Å². The van der Waals surface area contributed by atoms with Crippen molar-refractivity contribution in [1.82, 2.24) is 0 Å². The van der Waals surface area contributed by atoms with Crippen molar-refractivity contribution in [3.05, 3.63) is 18.2 Å². The zero-order valence-electron chi connectivity index (χ0n) is 7.50. The average Bonchev–Trinajstić information content (AvgIpc) is 2.03. The van der Waals surface area contributed by atoms with Gasteiger partial charge in [-0.15, -0.1) is 0 Å². The maximum Gasteiger partial charge on any atom is 0.221 e. The number of phenols is 1. The molecule has 13 heavy (non-hydrogen) atoms. The minimum absolute atomic E-state index is 0.00810. The molecular formula is C9H11NO3. The van der Waals surface area contributed by atoms with Crippen molar-refractivity contribution in [2.75, 3.05) is 12.4 Å². The Kier molecular flexibility index (Phi) is 2.74. The first-order valence-corrected chi connectivity index (χ1v) is 3.78. The van der Waals surface area contributed by atoms with E-state index in [1.54, 1.807) is 12.1 Å². The Balaban J connectivity index is 2.89. The lowest BCUT2D eigenvalue weighted by Crippen LogP contribution is -2.05. The predicted molar refractivity (Wildman–Crippen MR) is 49.0 cm³/mol. The molecule has 0 fully saturated rings. The molecular weight excluding hydrogens is 170 g/mol. The van der Waals surface area contributed by atoms with Gasteiger partial charge in [0.1, 0.15) is 0 Å². The lowest BCUT2D eigenvalue weighted by molar-refractivity contribution is -0.114. The molecule has 4 heteroatoms. The fraction of sp³-hybridized carbons (Fsp3) is 0.222. The molecule has 0 aliphatic heterocycles. The third-order valence-electron chi connectivity index (χ3n) is 1.50. The summed E-state index contributed by atoms with van der Waals surface area (Å²) in [6, 6.07) is 4.67. The highest BCUT2D eigenvalue weighted by Crippen LogP contribution is 2.28. The number of carbonyl (C=O) groups excluding carboxylic acids is 1. The Morgan fingerprint density at radius 1 is 1.54 bits per heavy atom. The topological polar surface area (TPSA) is 58.6 Å². The highest BCUT2D eigenvalue weighted by molar-refractivity contribution is 5.89. The van der Waals surface area contributed by atoms with Gasteiger partial charge in [-0.25, -0.2) is 0 Å². The van der Waals surface area contributed by atoms with Crippen molar-refractivity contribution in [3.63, 3.8) is 0 Å². The monoisotopic (exact) mass is 181 g/mol. The van der Waals surface area contributed by atoms with Crippen LogP contribution in [0.1, 0.15) is 6.92 Å². The van der Waals surface area contributed by atoms with Gasteiger partial charge in [0.25, 0.3) is 0 Å². The second-order valence-electron chi connectivity index (χ2n) is 2.57. The molecule has 0 radical (unpaired) electrons. The SMILES string of the molecule is COc1ccc(NC(C)=O)cc1O. The second kappa shape index (κ2) is 3.80. The molecule has 70 valence electrons. The largest absolute Gasteiger partial charge is 0.504 e. The van der Waals surface area contributed by atoms with Crippen LogP contribution in [0.5, 0.6) is 11.5 Å². The first-order chi connectivity index (χ1) is 6.13. The molecule has 1 aromatic rings. The van der Waals surface area contributed by atoms with E-state index in [1.807, 2.05) is 0 Å². The van der Waals surface area contributed by atoms with Crippen LogP contribution in [-0.2, 0) is 4.79 Å². The number of carbonyl (C=O) groups is 1. The molecule has 1 amide bonds. The summed E-state index contributed by atoms with van der Waals surface area (Å²) in [5.74, 6) is 0.215. The van der Waals surface area contributed by atoms with Crippen LogP contribution in [0, 0.1) is 0 Å². The summed E-state index contributed by atoms with van der Waals surface area (Å²) in [6.07, 6.45) is 0. The lowest BCUT2D eigenvalue weighted by Gasteiger charge is -2.05. The molecule has 4 nitrogen and oxygen atoms in total. The summed E-state index contributed by atoms with van der Waals surface area (Å²) in [5.41, 5.74) is 0.547.